The summed E-state index contributed by atoms with van der Waals surface area (Å²) >= 11 is 1.84. The minimum Gasteiger partial charge on any atom is -0.339 e. The lowest BCUT2D eigenvalue weighted by Crippen LogP contribution is -1.75. The molecule has 16 heavy (non-hydrogen) atoms. The summed E-state index contributed by atoms with van der Waals surface area (Å²) in [7, 11) is 0. The number of thioether (sulfide) groups is 1. The van der Waals surface area contributed by atoms with Gasteiger partial charge in [0.2, 0.25) is 6.08 Å². The van der Waals surface area contributed by atoms with Crippen LogP contribution in [0.3, 0.4) is 0 Å². The third-order valence-electron chi connectivity index (χ3n) is 2.22. The molecule has 0 amide bonds. The van der Waals surface area contributed by atoms with Gasteiger partial charge in [-0.25, -0.2) is 4.79 Å². The van der Waals surface area contributed by atoms with Gasteiger partial charge in [0.25, 0.3) is 0 Å². The van der Waals surface area contributed by atoms with Gasteiger partial charge < -0.3 is 4.98 Å². The van der Waals surface area contributed by atoms with Gasteiger partial charge in [-0.05, 0) is 36.4 Å². The van der Waals surface area contributed by atoms with Crippen LogP contribution in [0.1, 0.15) is 13.3 Å². The standard InChI is InChI=1S/C12H12N2OS/c1-2-5-16-10-3-4-11-9(6-10)7-12(14-11)13-8-15/h3-4,6-7,14H,2,5H2,1H3. The Hall–Kier alpha value is -1.51. The smallest absolute Gasteiger partial charge is 0.242 e. The zero-order valence-corrected chi connectivity index (χ0v) is 9.80. The Bertz CT molecular complexity index is 541. The number of nitrogens with one attached hydrogen (secondary N) is 1. The van der Waals surface area contributed by atoms with E-state index in [0.29, 0.717) is 5.82 Å². The molecular weight excluding hydrogens is 220 g/mol. The van der Waals surface area contributed by atoms with Gasteiger partial charge in [0.15, 0.2) is 0 Å². The van der Waals surface area contributed by atoms with E-state index in [9.17, 15) is 4.79 Å². The molecule has 0 aliphatic heterocycles. The van der Waals surface area contributed by atoms with Gasteiger partial charge in [-0.1, -0.05) is 6.92 Å². The molecule has 82 valence electrons. The van der Waals surface area contributed by atoms with Gasteiger partial charge in [-0.3, -0.25) is 0 Å². The number of fused-ring (bicyclic) bond motifs is 1. The summed E-state index contributed by atoms with van der Waals surface area (Å²) in [6, 6.07) is 8.05. The number of hydrogen-bond donors (Lipinski definition) is 1. The van der Waals surface area contributed by atoms with E-state index >= 15 is 0 Å². The van der Waals surface area contributed by atoms with E-state index in [1.807, 2.05) is 23.9 Å². The van der Waals surface area contributed by atoms with Crippen molar-refractivity contribution in [2.75, 3.05) is 5.75 Å². The molecule has 0 aliphatic carbocycles. The number of hydrogen-bond acceptors (Lipinski definition) is 3. The van der Waals surface area contributed by atoms with Gasteiger partial charge in [0.05, 0.1) is 0 Å². The average Bonchev–Trinajstić information content (AvgIpc) is 2.68. The van der Waals surface area contributed by atoms with E-state index in [1.54, 1.807) is 0 Å². The fourth-order valence-corrected chi connectivity index (χ4v) is 2.33. The van der Waals surface area contributed by atoms with Crippen molar-refractivity contribution in [2.45, 2.75) is 18.2 Å². The van der Waals surface area contributed by atoms with Crippen molar-refractivity contribution in [1.29, 1.82) is 0 Å². The summed E-state index contributed by atoms with van der Waals surface area (Å²) in [6.07, 6.45) is 2.70. The van der Waals surface area contributed by atoms with Crippen molar-refractivity contribution in [3.05, 3.63) is 24.3 Å². The van der Waals surface area contributed by atoms with Crippen LogP contribution >= 0.6 is 11.8 Å². The predicted molar refractivity (Wildman–Crippen MR) is 67.1 cm³/mol. The maximum atomic E-state index is 10.1. The summed E-state index contributed by atoms with van der Waals surface area (Å²) in [5.74, 6) is 1.68. The Labute approximate surface area is 98.0 Å². The molecule has 4 heteroatoms. The first-order valence-electron chi connectivity index (χ1n) is 5.17. The summed E-state index contributed by atoms with van der Waals surface area (Å²) in [4.78, 5) is 18.0. The highest BCUT2D eigenvalue weighted by molar-refractivity contribution is 7.99. The monoisotopic (exact) mass is 232 g/mol. The van der Waals surface area contributed by atoms with Crippen molar-refractivity contribution < 1.29 is 4.79 Å². The predicted octanol–water partition coefficient (Wildman–Crippen LogP) is 3.64. The van der Waals surface area contributed by atoms with Gasteiger partial charge in [-0.2, -0.15) is 0 Å². The fraction of sp³-hybridized carbons (Fsp3) is 0.250. The van der Waals surface area contributed by atoms with Gasteiger partial charge >= 0.3 is 0 Å². The van der Waals surface area contributed by atoms with Crippen molar-refractivity contribution in [3.8, 4) is 0 Å². The molecule has 0 aliphatic rings. The minimum atomic E-state index is 0.558. The normalized spacial score (nSPS) is 10.3. The van der Waals surface area contributed by atoms with Crippen LogP contribution in [-0.2, 0) is 4.79 Å². The molecule has 0 spiro atoms. The van der Waals surface area contributed by atoms with Crippen LogP contribution in [0, 0.1) is 0 Å². The number of isocyanates is 1. The highest BCUT2D eigenvalue weighted by Gasteiger charge is 2.01. The first kappa shape index (κ1) is 11.0. The molecule has 0 fully saturated rings. The molecule has 0 saturated heterocycles. The second-order valence-corrected chi connectivity index (χ2v) is 4.62. The molecule has 1 aromatic carbocycles. The van der Waals surface area contributed by atoms with E-state index in [2.05, 4.69) is 29.0 Å². The summed E-state index contributed by atoms with van der Waals surface area (Å²) in [5, 5.41) is 1.08. The maximum Gasteiger partial charge on any atom is 0.242 e. The highest BCUT2D eigenvalue weighted by Crippen LogP contribution is 2.26. The third-order valence-corrected chi connectivity index (χ3v) is 3.42. The van der Waals surface area contributed by atoms with Gasteiger partial charge in [-0.15, -0.1) is 16.8 Å². The molecule has 2 aromatic rings. The molecule has 1 N–H and O–H groups in total. The number of rotatable bonds is 4. The molecule has 0 radical (unpaired) electrons. The van der Waals surface area contributed by atoms with Gasteiger partial charge in [0.1, 0.15) is 5.82 Å². The Morgan fingerprint density at radius 1 is 1.44 bits per heavy atom. The Balaban J connectivity index is 2.33. The van der Waals surface area contributed by atoms with Gasteiger partial charge in [0, 0.05) is 15.8 Å². The number of aromatic amines is 1. The molecule has 0 bridgehead atoms. The topological polar surface area (TPSA) is 45.2 Å². The molecule has 0 saturated carbocycles. The van der Waals surface area contributed by atoms with E-state index in [1.165, 1.54) is 11.0 Å². The quantitative estimate of drug-likeness (QED) is 0.497. The minimum absolute atomic E-state index is 0.558. The SMILES string of the molecule is CCCSc1ccc2[nH]c(N=C=O)cc2c1. The fourth-order valence-electron chi connectivity index (χ4n) is 1.51. The van der Waals surface area contributed by atoms with Crippen molar-refractivity contribution >= 4 is 34.6 Å². The van der Waals surface area contributed by atoms with E-state index < -0.39 is 0 Å². The lowest BCUT2D eigenvalue weighted by molar-refractivity contribution is 0.565. The number of aromatic nitrogens is 1. The van der Waals surface area contributed by atoms with Crippen LogP contribution in [0.5, 0.6) is 0 Å². The lowest BCUT2D eigenvalue weighted by atomic mass is 10.2. The third kappa shape index (κ3) is 2.35. The molecule has 1 aromatic heterocycles. The summed E-state index contributed by atoms with van der Waals surface area (Å²) in [5.41, 5.74) is 0.995. The number of nitrogens with zero attached hydrogens (tertiary/aromatic N) is 1. The first-order valence-corrected chi connectivity index (χ1v) is 6.15. The van der Waals surface area contributed by atoms with E-state index in [-0.39, 0.29) is 0 Å². The van der Waals surface area contributed by atoms with Crippen LogP contribution in [-0.4, -0.2) is 16.8 Å². The summed E-state index contributed by atoms with van der Waals surface area (Å²) in [6.45, 7) is 2.17. The average molecular weight is 232 g/mol. The second kappa shape index (κ2) is 5.01. The van der Waals surface area contributed by atoms with Crippen LogP contribution in [0.2, 0.25) is 0 Å². The zero-order valence-electron chi connectivity index (χ0n) is 8.99. The number of aliphatic imine (C=N–C) groups is 1. The highest BCUT2D eigenvalue weighted by atomic mass is 32.2. The summed E-state index contributed by atoms with van der Waals surface area (Å²) < 4.78 is 0. The van der Waals surface area contributed by atoms with Crippen molar-refractivity contribution in [1.82, 2.24) is 4.98 Å². The molecule has 0 unspecified atom stereocenters. The van der Waals surface area contributed by atoms with Crippen LogP contribution in [0.25, 0.3) is 10.9 Å². The largest absolute Gasteiger partial charge is 0.339 e. The first-order chi connectivity index (χ1) is 7.83. The lowest BCUT2D eigenvalue weighted by Gasteiger charge is -1.98. The number of carbonyl (C=O) groups excluding carboxylic acids is 1. The van der Waals surface area contributed by atoms with Crippen LogP contribution < -0.4 is 0 Å². The van der Waals surface area contributed by atoms with Crippen LogP contribution in [0.4, 0.5) is 5.82 Å². The Morgan fingerprint density at radius 3 is 3.06 bits per heavy atom. The van der Waals surface area contributed by atoms with Crippen LogP contribution in [0.15, 0.2) is 34.2 Å². The molecule has 3 nitrogen and oxygen atoms in total. The van der Waals surface area contributed by atoms with Crippen molar-refractivity contribution in [3.63, 3.8) is 0 Å². The maximum absolute atomic E-state index is 10.1. The Kier molecular flexibility index (Phi) is 3.44. The zero-order chi connectivity index (χ0) is 11.4. The van der Waals surface area contributed by atoms with E-state index in [4.69, 9.17) is 0 Å². The van der Waals surface area contributed by atoms with E-state index in [0.717, 1.165) is 23.1 Å². The molecule has 0 atom stereocenters. The molecular formula is C12H12N2OS. The molecule has 1 heterocycles. The molecule has 2 rings (SSSR count). The number of H-pyrrole nitrogens is 1. The second-order valence-electron chi connectivity index (χ2n) is 3.46. The van der Waals surface area contributed by atoms with Crippen molar-refractivity contribution in [2.24, 2.45) is 4.99 Å². The Morgan fingerprint density at radius 2 is 2.31 bits per heavy atom. The number of benzene rings is 1.